The Bertz CT molecular complexity index is 607. The van der Waals surface area contributed by atoms with Crippen molar-refractivity contribution in [1.82, 2.24) is 5.16 Å². The van der Waals surface area contributed by atoms with Gasteiger partial charge in [-0.1, -0.05) is 16.8 Å². The molecule has 1 aromatic heterocycles. The van der Waals surface area contributed by atoms with Gasteiger partial charge in [0, 0.05) is 12.1 Å². The number of ether oxygens (including phenoxy) is 1. The summed E-state index contributed by atoms with van der Waals surface area (Å²) < 4.78 is 9.84. The van der Waals surface area contributed by atoms with Crippen molar-refractivity contribution in [2.45, 2.75) is 0 Å². The first kappa shape index (κ1) is 12.3. The van der Waals surface area contributed by atoms with E-state index in [0.29, 0.717) is 5.75 Å². The van der Waals surface area contributed by atoms with Crippen LogP contribution in [0.2, 0.25) is 5.02 Å². The highest BCUT2D eigenvalue weighted by atomic mass is 35.5. The van der Waals surface area contributed by atoms with Gasteiger partial charge in [0.1, 0.15) is 11.5 Å². The summed E-state index contributed by atoms with van der Waals surface area (Å²) in [6.07, 6.45) is 0. The molecule has 0 spiro atoms. The van der Waals surface area contributed by atoms with E-state index in [1.807, 2.05) is 0 Å². The number of benzene rings is 1. The number of methoxy groups -OCH3 is 1. The van der Waals surface area contributed by atoms with Crippen LogP contribution in [-0.4, -0.2) is 28.4 Å². The summed E-state index contributed by atoms with van der Waals surface area (Å²) in [6.45, 7) is 0. The molecule has 0 bridgehead atoms. The van der Waals surface area contributed by atoms with Crippen LogP contribution < -0.4 is 4.74 Å². The molecule has 1 heterocycles. The minimum Gasteiger partial charge on any atom is -0.507 e. The number of carboxylic acids is 1. The van der Waals surface area contributed by atoms with Gasteiger partial charge in [-0.25, -0.2) is 4.79 Å². The summed E-state index contributed by atoms with van der Waals surface area (Å²) in [5, 5.41) is 22.1. The minimum atomic E-state index is -1.22. The van der Waals surface area contributed by atoms with Crippen LogP contribution in [-0.2, 0) is 0 Å². The third-order valence-electron chi connectivity index (χ3n) is 2.26. The van der Waals surface area contributed by atoms with Crippen molar-refractivity contribution < 1.29 is 24.3 Å². The summed E-state index contributed by atoms with van der Waals surface area (Å²) in [6, 6.07) is 3.91. The van der Waals surface area contributed by atoms with Crippen LogP contribution in [0.4, 0.5) is 0 Å². The SMILES string of the molecule is COc1cc(-c2cc(C(=O)O)no2)c(O)cc1Cl. The fourth-order valence-corrected chi connectivity index (χ4v) is 1.63. The van der Waals surface area contributed by atoms with Crippen molar-refractivity contribution in [3.05, 3.63) is 28.9 Å². The van der Waals surface area contributed by atoms with Gasteiger partial charge < -0.3 is 19.5 Å². The van der Waals surface area contributed by atoms with Crippen molar-refractivity contribution in [2.24, 2.45) is 0 Å². The maximum atomic E-state index is 10.7. The molecule has 18 heavy (non-hydrogen) atoms. The number of carbonyl (C=O) groups is 1. The normalized spacial score (nSPS) is 10.3. The van der Waals surface area contributed by atoms with E-state index in [2.05, 4.69) is 5.16 Å². The lowest BCUT2D eigenvalue weighted by Gasteiger charge is -2.06. The van der Waals surface area contributed by atoms with E-state index in [0.717, 1.165) is 0 Å². The molecule has 6 nitrogen and oxygen atoms in total. The zero-order chi connectivity index (χ0) is 13.3. The number of aromatic hydroxyl groups is 1. The molecule has 0 unspecified atom stereocenters. The third kappa shape index (κ3) is 2.10. The van der Waals surface area contributed by atoms with Crippen molar-refractivity contribution in [3.63, 3.8) is 0 Å². The predicted octanol–water partition coefficient (Wildman–Crippen LogP) is 2.41. The molecule has 1 aromatic carbocycles. The highest BCUT2D eigenvalue weighted by Crippen LogP contribution is 2.37. The number of halogens is 1. The highest BCUT2D eigenvalue weighted by molar-refractivity contribution is 6.32. The second-order valence-electron chi connectivity index (χ2n) is 3.39. The molecule has 2 rings (SSSR count). The summed E-state index contributed by atoms with van der Waals surface area (Å²) >= 11 is 5.82. The Labute approximate surface area is 106 Å². The molecule has 0 saturated carbocycles. The van der Waals surface area contributed by atoms with E-state index < -0.39 is 5.97 Å². The zero-order valence-corrected chi connectivity index (χ0v) is 9.93. The van der Waals surface area contributed by atoms with Crippen LogP contribution in [0, 0.1) is 0 Å². The molecule has 0 aliphatic heterocycles. The van der Waals surface area contributed by atoms with Gasteiger partial charge in [0.15, 0.2) is 11.5 Å². The number of nitrogens with zero attached hydrogens (tertiary/aromatic N) is 1. The van der Waals surface area contributed by atoms with E-state index in [1.165, 1.54) is 25.3 Å². The maximum absolute atomic E-state index is 10.7. The van der Waals surface area contributed by atoms with Gasteiger partial charge in [-0.15, -0.1) is 0 Å². The Balaban J connectivity index is 2.52. The highest BCUT2D eigenvalue weighted by Gasteiger charge is 2.17. The Morgan fingerprint density at radius 1 is 1.44 bits per heavy atom. The van der Waals surface area contributed by atoms with E-state index >= 15 is 0 Å². The van der Waals surface area contributed by atoms with Gasteiger partial charge in [0.25, 0.3) is 0 Å². The number of phenols is 1. The van der Waals surface area contributed by atoms with E-state index in [-0.39, 0.29) is 27.8 Å². The molecule has 0 saturated heterocycles. The van der Waals surface area contributed by atoms with Crippen LogP contribution >= 0.6 is 11.6 Å². The number of rotatable bonds is 3. The Kier molecular flexibility index (Phi) is 3.12. The molecule has 0 fully saturated rings. The molecule has 0 radical (unpaired) electrons. The van der Waals surface area contributed by atoms with Crippen LogP contribution in [0.25, 0.3) is 11.3 Å². The number of hydrogen-bond acceptors (Lipinski definition) is 5. The third-order valence-corrected chi connectivity index (χ3v) is 2.56. The van der Waals surface area contributed by atoms with Crippen LogP contribution in [0.5, 0.6) is 11.5 Å². The predicted molar refractivity (Wildman–Crippen MR) is 62.1 cm³/mol. The Morgan fingerprint density at radius 2 is 2.17 bits per heavy atom. The molecule has 0 aliphatic rings. The summed E-state index contributed by atoms with van der Waals surface area (Å²) in [7, 11) is 1.42. The fourth-order valence-electron chi connectivity index (χ4n) is 1.40. The number of hydrogen-bond donors (Lipinski definition) is 2. The van der Waals surface area contributed by atoms with Crippen LogP contribution in [0.3, 0.4) is 0 Å². The second kappa shape index (κ2) is 4.58. The van der Waals surface area contributed by atoms with Gasteiger partial charge >= 0.3 is 5.97 Å². The average Bonchev–Trinajstić information content (AvgIpc) is 2.78. The number of aromatic nitrogens is 1. The average molecular weight is 270 g/mol. The van der Waals surface area contributed by atoms with Gasteiger partial charge in [-0.3, -0.25) is 0 Å². The molecule has 2 N–H and O–H groups in total. The number of carboxylic acid groups (broad SMARTS) is 1. The van der Waals surface area contributed by atoms with E-state index in [4.69, 9.17) is 26.0 Å². The zero-order valence-electron chi connectivity index (χ0n) is 9.18. The molecule has 0 atom stereocenters. The summed E-state index contributed by atoms with van der Waals surface area (Å²) in [4.78, 5) is 10.7. The monoisotopic (exact) mass is 269 g/mol. The maximum Gasteiger partial charge on any atom is 0.358 e. The van der Waals surface area contributed by atoms with Crippen molar-refractivity contribution >= 4 is 17.6 Å². The molecule has 2 aromatic rings. The first-order valence-corrected chi connectivity index (χ1v) is 5.17. The first-order chi connectivity index (χ1) is 8.52. The lowest BCUT2D eigenvalue weighted by Crippen LogP contribution is -1.94. The van der Waals surface area contributed by atoms with E-state index in [1.54, 1.807) is 0 Å². The van der Waals surface area contributed by atoms with Gasteiger partial charge in [-0.2, -0.15) is 0 Å². The topological polar surface area (TPSA) is 92.8 Å². The molecular formula is C11H8ClNO5. The largest absolute Gasteiger partial charge is 0.507 e. The second-order valence-corrected chi connectivity index (χ2v) is 3.79. The molecule has 94 valence electrons. The lowest BCUT2D eigenvalue weighted by atomic mass is 10.1. The smallest absolute Gasteiger partial charge is 0.358 e. The quantitative estimate of drug-likeness (QED) is 0.889. The lowest BCUT2D eigenvalue weighted by molar-refractivity contribution is 0.0686. The molecular weight excluding hydrogens is 262 g/mol. The van der Waals surface area contributed by atoms with Crippen LogP contribution in [0.1, 0.15) is 10.5 Å². The number of aromatic carboxylic acids is 1. The fraction of sp³-hybridized carbons (Fsp3) is 0.0909. The minimum absolute atomic E-state index is 0.111. The van der Waals surface area contributed by atoms with E-state index in [9.17, 15) is 9.90 Å². The molecule has 0 aliphatic carbocycles. The van der Waals surface area contributed by atoms with Gasteiger partial charge in [-0.05, 0) is 6.07 Å². The van der Waals surface area contributed by atoms with Crippen molar-refractivity contribution in [2.75, 3.05) is 7.11 Å². The summed E-state index contributed by atoms with van der Waals surface area (Å²) in [5.74, 6) is -0.933. The van der Waals surface area contributed by atoms with Crippen molar-refractivity contribution in [3.8, 4) is 22.8 Å². The molecule has 0 amide bonds. The standard InChI is InChI=1S/C11H8ClNO5/c1-17-10-2-5(8(14)3-6(10)12)9-4-7(11(15)16)13-18-9/h2-4,14H,1H3,(H,15,16). The Hall–Kier alpha value is -2.21. The molecule has 7 heteroatoms. The summed E-state index contributed by atoms with van der Waals surface area (Å²) in [5.41, 5.74) is -0.00503. The van der Waals surface area contributed by atoms with Crippen LogP contribution in [0.15, 0.2) is 22.7 Å². The van der Waals surface area contributed by atoms with Gasteiger partial charge in [0.2, 0.25) is 0 Å². The van der Waals surface area contributed by atoms with Gasteiger partial charge in [0.05, 0.1) is 17.7 Å². The first-order valence-electron chi connectivity index (χ1n) is 4.80. The van der Waals surface area contributed by atoms with Crippen molar-refractivity contribution in [1.29, 1.82) is 0 Å². The number of phenolic OH excluding ortho intramolecular Hbond substituents is 1. The Morgan fingerprint density at radius 3 is 2.72 bits per heavy atom.